The predicted octanol–water partition coefficient (Wildman–Crippen LogP) is 2.84. The first-order valence-electron chi connectivity index (χ1n) is 9.12. The van der Waals surface area contributed by atoms with E-state index in [-0.39, 0.29) is 0 Å². The molecule has 2 aromatic carbocycles. The van der Waals surface area contributed by atoms with Crippen molar-refractivity contribution in [1.29, 1.82) is 0 Å². The summed E-state index contributed by atoms with van der Waals surface area (Å²) in [6.45, 7) is 7.73. The number of anilines is 1. The molecular weight excluding hydrogens is 326 g/mol. The van der Waals surface area contributed by atoms with E-state index in [1.807, 2.05) is 0 Å². The van der Waals surface area contributed by atoms with Gasteiger partial charge in [-0.1, -0.05) is 36.4 Å². The van der Waals surface area contributed by atoms with E-state index >= 15 is 0 Å². The molecular formula is C21H28N3S+. The SMILES string of the molecule is Cc1cc(C)cc(NC(=S)NC2CC[NH+](Cc3ccccc3)CC2)c1. The lowest BCUT2D eigenvalue weighted by molar-refractivity contribution is -0.918. The van der Waals surface area contributed by atoms with E-state index in [1.165, 1.54) is 29.8 Å². The number of likely N-dealkylation sites (tertiary alicyclic amines) is 1. The Morgan fingerprint density at radius 3 is 2.32 bits per heavy atom. The minimum atomic E-state index is 0.477. The molecule has 25 heavy (non-hydrogen) atoms. The standard InChI is InChI=1S/C21H27N3S/c1-16-12-17(2)14-20(13-16)23-21(25)22-19-8-10-24(11-9-19)15-18-6-4-3-5-7-18/h3-7,12-14,19H,8-11,15H2,1-2H3,(H2,22,23,25)/p+1. The molecule has 0 amide bonds. The Kier molecular flexibility index (Phi) is 6.05. The summed E-state index contributed by atoms with van der Waals surface area (Å²) in [4.78, 5) is 1.66. The van der Waals surface area contributed by atoms with Gasteiger partial charge in [-0.25, -0.2) is 0 Å². The van der Waals surface area contributed by atoms with Gasteiger partial charge in [-0.2, -0.15) is 0 Å². The van der Waals surface area contributed by atoms with Crippen LogP contribution < -0.4 is 15.5 Å². The highest BCUT2D eigenvalue weighted by Crippen LogP contribution is 2.14. The Hall–Kier alpha value is -1.91. The lowest BCUT2D eigenvalue weighted by atomic mass is 10.0. The zero-order valence-electron chi connectivity index (χ0n) is 15.1. The van der Waals surface area contributed by atoms with Crippen LogP contribution in [0.15, 0.2) is 48.5 Å². The predicted molar refractivity (Wildman–Crippen MR) is 109 cm³/mol. The van der Waals surface area contributed by atoms with E-state index in [4.69, 9.17) is 12.2 Å². The third kappa shape index (κ3) is 5.55. The lowest BCUT2D eigenvalue weighted by Crippen LogP contribution is -3.12. The van der Waals surface area contributed by atoms with Crippen LogP contribution in [0, 0.1) is 13.8 Å². The number of benzene rings is 2. The molecule has 0 saturated carbocycles. The van der Waals surface area contributed by atoms with Crippen molar-refractivity contribution in [3.8, 4) is 0 Å². The van der Waals surface area contributed by atoms with Crippen molar-refractivity contribution in [1.82, 2.24) is 5.32 Å². The van der Waals surface area contributed by atoms with Crippen LogP contribution in [0.4, 0.5) is 5.69 Å². The first-order valence-corrected chi connectivity index (χ1v) is 9.52. The first kappa shape index (κ1) is 17.9. The molecule has 2 aromatic rings. The minimum Gasteiger partial charge on any atom is -0.359 e. The van der Waals surface area contributed by atoms with Gasteiger partial charge in [0.2, 0.25) is 0 Å². The topological polar surface area (TPSA) is 28.5 Å². The second-order valence-electron chi connectivity index (χ2n) is 7.16. The summed E-state index contributed by atoms with van der Waals surface area (Å²) in [7, 11) is 0. The largest absolute Gasteiger partial charge is 0.359 e. The van der Waals surface area contributed by atoms with Gasteiger partial charge in [0.25, 0.3) is 0 Å². The number of quaternary nitrogens is 1. The molecule has 0 atom stereocenters. The summed E-state index contributed by atoms with van der Waals surface area (Å²) in [6.07, 6.45) is 2.33. The molecule has 3 rings (SSSR count). The van der Waals surface area contributed by atoms with Crippen LogP contribution in [0.25, 0.3) is 0 Å². The normalized spacial score (nSPS) is 20.1. The molecule has 1 fully saturated rings. The Labute approximate surface area is 156 Å². The lowest BCUT2D eigenvalue weighted by Gasteiger charge is -2.30. The summed E-state index contributed by atoms with van der Waals surface area (Å²) < 4.78 is 0. The van der Waals surface area contributed by atoms with Crippen molar-refractivity contribution in [2.75, 3.05) is 18.4 Å². The van der Waals surface area contributed by atoms with Gasteiger partial charge in [-0.3, -0.25) is 0 Å². The minimum absolute atomic E-state index is 0.477. The van der Waals surface area contributed by atoms with E-state index < -0.39 is 0 Å². The Morgan fingerprint density at radius 2 is 1.68 bits per heavy atom. The van der Waals surface area contributed by atoms with E-state index in [9.17, 15) is 0 Å². The van der Waals surface area contributed by atoms with Crippen molar-refractivity contribution in [3.63, 3.8) is 0 Å². The van der Waals surface area contributed by atoms with Gasteiger partial charge in [0.1, 0.15) is 6.54 Å². The van der Waals surface area contributed by atoms with E-state index in [1.54, 1.807) is 4.90 Å². The molecule has 4 heteroatoms. The number of hydrogen-bond acceptors (Lipinski definition) is 1. The Morgan fingerprint density at radius 1 is 1.04 bits per heavy atom. The van der Waals surface area contributed by atoms with E-state index in [0.717, 1.165) is 30.2 Å². The summed E-state index contributed by atoms with van der Waals surface area (Å²) >= 11 is 5.51. The molecule has 1 saturated heterocycles. The summed E-state index contributed by atoms with van der Waals surface area (Å²) in [5, 5.41) is 7.57. The van der Waals surface area contributed by atoms with Crippen LogP contribution >= 0.6 is 12.2 Å². The second-order valence-corrected chi connectivity index (χ2v) is 7.57. The van der Waals surface area contributed by atoms with Gasteiger partial charge in [0.15, 0.2) is 5.11 Å². The quantitative estimate of drug-likeness (QED) is 0.738. The number of aryl methyl sites for hydroxylation is 2. The van der Waals surface area contributed by atoms with Crippen LogP contribution in [-0.2, 0) is 6.54 Å². The average molecular weight is 355 g/mol. The molecule has 0 aliphatic carbocycles. The third-order valence-corrected chi connectivity index (χ3v) is 5.02. The number of rotatable bonds is 4. The smallest absolute Gasteiger partial charge is 0.171 e. The summed E-state index contributed by atoms with van der Waals surface area (Å²) in [5.41, 5.74) is 5.00. The van der Waals surface area contributed by atoms with Crippen LogP contribution in [0.5, 0.6) is 0 Å². The van der Waals surface area contributed by atoms with Crippen LogP contribution in [0.2, 0.25) is 0 Å². The molecule has 132 valence electrons. The molecule has 1 heterocycles. The maximum atomic E-state index is 5.51. The molecule has 0 spiro atoms. The zero-order valence-corrected chi connectivity index (χ0v) is 16.0. The molecule has 0 radical (unpaired) electrons. The van der Waals surface area contributed by atoms with Crippen molar-refractivity contribution >= 4 is 23.0 Å². The van der Waals surface area contributed by atoms with Gasteiger partial charge in [-0.15, -0.1) is 0 Å². The molecule has 3 N–H and O–H groups in total. The van der Waals surface area contributed by atoms with Crippen molar-refractivity contribution in [2.24, 2.45) is 0 Å². The second kappa shape index (κ2) is 8.45. The number of hydrogen-bond donors (Lipinski definition) is 3. The van der Waals surface area contributed by atoms with Crippen LogP contribution in [0.3, 0.4) is 0 Å². The van der Waals surface area contributed by atoms with Crippen molar-refractivity contribution in [2.45, 2.75) is 39.3 Å². The fourth-order valence-electron chi connectivity index (χ4n) is 3.63. The van der Waals surface area contributed by atoms with Gasteiger partial charge < -0.3 is 15.5 Å². The highest BCUT2D eigenvalue weighted by Gasteiger charge is 2.22. The third-order valence-electron chi connectivity index (χ3n) is 4.80. The number of piperidine rings is 1. The molecule has 1 aliphatic rings. The Balaban J connectivity index is 1.44. The summed E-state index contributed by atoms with van der Waals surface area (Å²) in [6, 6.07) is 17.7. The molecule has 0 unspecified atom stereocenters. The van der Waals surface area contributed by atoms with Crippen molar-refractivity contribution < 1.29 is 4.90 Å². The maximum absolute atomic E-state index is 5.51. The fourth-order valence-corrected chi connectivity index (χ4v) is 3.92. The first-order chi connectivity index (χ1) is 12.1. The Bertz CT molecular complexity index is 686. The molecule has 0 bridgehead atoms. The zero-order chi connectivity index (χ0) is 17.6. The van der Waals surface area contributed by atoms with Crippen LogP contribution in [-0.4, -0.2) is 24.2 Å². The molecule has 0 aromatic heterocycles. The number of thiocarbonyl (C=S) groups is 1. The monoisotopic (exact) mass is 354 g/mol. The van der Waals surface area contributed by atoms with Gasteiger partial charge in [0.05, 0.1) is 13.1 Å². The van der Waals surface area contributed by atoms with E-state index in [0.29, 0.717) is 6.04 Å². The van der Waals surface area contributed by atoms with Crippen molar-refractivity contribution in [3.05, 3.63) is 65.2 Å². The van der Waals surface area contributed by atoms with E-state index in [2.05, 4.69) is 73.0 Å². The highest BCUT2D eigenvalue weighted by molar-refractivity contribution is 7.80. The van der Waals surface area contributed by atoms with Gasteiger partial charge in [-0.05, 0) is 49.3 Å². The molecule has 3 nitrogen and oxygen atoms in total. The summed E-state index contributed by atoms with van der Waals surface area (Å²) in [5.74, 6) is 0. The molecule has 1 aliphatic heterocycles. The number of nitrogens with one attached hydrogen (secondary N) is 3. The van der Waals surface area contributed by atoms with Gasteiger partial charge in [0, 0.05) is 30.1 Å². The maximum Gasteiger partial charge on any atom is 0.171 e. The van der Waals surface area contributed by atoms with Gasteiger partial charge >= 0.3 is 0 Å². The average Bonchev–Trinajstić information content (AvgIpc) is 2.56. The highest BCUT2D eigenvalue weighted by atomic mass is 32.1. The fraction of sp³-hybridized carbons (Fsp3) is 0.381. The van der Waals surface area contributed by atoms with Crippen LogP contribution in [0.1, 0.15) is 29.5 Å².